The van der Waals surface area contributed by atoms with Crippen LogP contribution in [0.1, 0.15) is 72.5 Å². The number of hydrogen-bond acceptors (Lipinski definition) is 12. The number of carbonyl (C=O) groups excluding carboxylic acids is 1. The highest BCUT2D eigenvalue weighted by Crippen LogP contribution is 2.52. The van der Waals surface area contributed by atoms with Gasteiger partial charge in [-0.15, -0.1) is 0 Å². The van der Waals surface area contributed by atoms with E-state index in [0.717, 1.165) is 119 Å². The molecule has 4 heterocycles. The second kappa shape index (κ2) is 18.1. The molecule has 1 spiro atoms. The predicted molar refractivity (Wildman–Crippen MR) is 244 cm³/mol. The first-order chi connectivity index (χ1) is 30.5. The maximum Gasteiger partial charge on any atom is 0.293 e. The summed E-state index contributed by atoms with van der Waals surface area (Å²) in [4.78, 5) is 39.9. The topological polar surface area (TPSA) is 192 Å². The molecule has 2 aliphatic heterocycles. The van der Waals surface area contributed by atoms with E-state index in [1.165, 1.54) is 29.5 Å². The molecule has 2 aliphatic carbocycles. The number of piperazine rings is 1. The SMILES string of the molecule is NCCN1CCC2(CC1)CC(CNc1ccc(S(=O)(=O)NC(=O)c3ccc(N4CCN([C@@H]5CCCCc6c(Cl)cccc65)CC4)cc3Oc3cnc4[nH]ccc4c3)cc1[N+](=O)[O-])C2. The molecule has 2 saturated heterocycles. The van der Waals surface area contributed by atoms with Gasteiger partial charge in [0.25, 0.3) is 21.6 Å². The molecule has 15 nitrogen and oxygen atoms in total. The lowest BCUT2D eigenvalue weighted by Crippen LogP contribution is -2.49. The number of benzene rings is 3. The van der Waals surface area contributed by atoms with Gasteiger partial charge in [0, 0.05) is 86.3 Å². The molecule has 4 aliphatic rings. The number of amides is 1. The normalized spacial score (nSPS) is 19.6. The van der Waals surface area contributed by atoms with Crippen LogP contribution in [-0.4, -0.2) is 97.9 Å². The lowest BCUT2D eigenvalue weighted by atomic mass is 9.57. The summed E-state index contributed by atoms with van der Waals surface area (Å²) in [5, 5.41) is 17.1. The van der Waals surface area contributed by atoms with Crippen LogP contribution in [0.2, 0.25) is 5.02 Å². The number of anilines is 2. The number of carbonyl (C=O) groups is 1. The van der Waals surface area contributed by atoms with Crippen molar-refractivity contribution in [3.8, 4) is 11.5 Å². The van der Waals surface area contributed by atoms with Gasteiger partial charge in [-0.1, -0.05) is 30.2 Å². The summed E-state index contributed by atoms with van der Waals surface area (Å²) in [7, 11) is -4.56. The fraction of sp³-hybridized carbons (Fsp3) is 0.435. The van der Waals surface area contributed by atoms with Crippen LogP contribution in [0.5, 0.6) is 11.5 Å². The van der Waals surface area contributed by atoms with Crippen molar-refractivity contribution in [3.05, 3.63) is 111 Å². The van der Waals surface area contributed by atoms with Crippen molar-refractivity contribution in [2.45, 2.75) is 62.3 Å². The Hall–Kier alpha value is -5.26. The summed E-state index contributed by atoms with van der Waals surface area (Å²) in [5.74, 6) is -0.0855. The Bertz CT molecular complexity index is 2600. The van der Waals surface area contributed by atoms with Crippen LogP contribution >= 0.6 is 11.6 Å². The number of halogens is 1. The molecule has 332 valence electrons. The van der Waals surface area contributed by atoms with E-state index in [0.29, 0.717) is 35.8 Å². The first-order valence-electron chi connectivity index (χ1n) is 22.0. The molecule has 3 fully saturated rings. The summed E-state index contributed by atoms with van der Waals surface area (Å²) < 4.78 is 36.0. The molecule has 1 amide bonds. The zero-order valence-corrected chi connectivity index (χ0v) is 36.8. The van der Waals surface area contributed by atoms with Crippen LogP contribution in [0.4, 0.5) is 17.1 Å². The third-order valence-corrected chi connectivity index (χ3v) is 15.4. The van der Waals surface area contributed by atoms with E-state index in [9.17, 15) is 23.3 Å². The van der Waals surface area contributed by atoms with Crippen molar-refractivity contribution in [2.24, 2.45) is 17.1 Å². The minimum Gasteiger partial charge on any atom is -0.455 e. The molecular weight excluding hydrogens is 842 g/mol. The lowest BCUT2D eigenvalue weighted by Gasteiger charge is -2.52. The molecule has 0 unspecified atom stereocenters. The fourth-order valence-electron chi connectivity index (χ4n) is 10.3. The highest BCUT2D eigenvalue weighted by molar-refractivity contribution is 7.90. The van der Waals surface area contributed by atoms with E-state index >= 15 is 0 Å². The standard InChI is InChI=1S/C46H54ClN9O6S/c47-39-6-3-5-37-36(39)4-1-2-7-41(37)55-22-20-54(21-23-55)33-8-10-38(43(25-33)62-34-24-32-12-16-49-44(32)51-30-34)45(57)52-63(60,61)35-9-11-40(42(26-35)56(58)59)50-29-31-27-46(28-31)13-17-53(18-14-46)19-15-48/h3,5-6,8-12,16,24-26,30-31,41,50H,1-2,4,7,13-15,17-23,27-29,48H2,(H,49,51)(H,52,57)/t41-/m1/s1. The van der Waals surface area contributed by atoms with Crippen molar-refractivity contribution in [1.29, 1.82) is 0 Å². The zero-order valence-electron chi connectivity index (χ0n) is 35.2. The largest absolute Gasteiger partial charge is 0.455 e. The maximum atomic E-state index is 14.0. The van der Waals surface area contributed by atoms with Gasteiger partial charge in [0.2, 0.25) is 0 Å². The molecule has 1 atom stereocenters. The number of ether oxygens (including phenoxy) is 1. The molecule has 5 aromatic rings. The van der Waals surface area contributed by atoms with E-state index in [-0.39, 0.29) is 28.7 Å². The highest BCUT2D eigenvalue weighted by Gasteiger charge is 2.45. The van der Waals surface area contributed by atoms with Gasteiger partial charge in [0.05, 0.1) is 21.6 Å². The number of pyridine rings is 1. The molecule has 2 aromatic heterocycles. The van der Waals surface area contributed by atoms with Crippen molar-refractivity contribution >= 4 is 55.6 Å². The Morgan fingerprint density at radius 1 is 1.02 bits per heavy atom. The smallest absolute Gasteiger partial charge is 0.293 e. The van der Waals surface area contributed by atoms with Gasteiger partial charge in [-0.05, 0) is 123 Å². The Balaban J connectivity index is 0.898. The first kappa shape index (κ1) is 43.0. The van der Waals surface area contributed by atoms with E-state index in [1.54, 1.807) is 30.5 Å². The van der Waals surface area contributed by atoms with Crippen LogP contribution in [0.15, 0.2) is 84.0 Å². The fourth-order valence-corrected chi connectivity index (χ4v) is 11.6. The van der Waals surface area contributed by atoms with Crippen LogP contribution in [-0.2, 0) is 16.4 Å². The molecule has 1 saturated carbocycles. The van der Waals surface area contributed by atoms with Crippen LogP contribution < -0.4 is 25.4 Å². The van der Waals surface area contributed by atoms with E-state index in [2.05, 4.69) is 40.8 Å². The number of nitro benzene ring substituents is 1. The lowest BCUT2D eigenvalue weighted by molar-refractivity contribution is -0.384. The molecule has 3 aromatic carbocycles. The second-order valence-corrected chi connectivity index (χ2v) is 19.7. The number of H-pyrrole nitrogens is 1. The number of nitrogens with zero attached hydrogens (tertiary/aromatic N) is 5. The van der Waals surface area contributed by atoms with Crippen molar-refractivity contribution in [3.63, 3.8) is 0 Å². The molecule has 63 heavy (non-hydrogen) atoms. The molecular formula is C46H54ClN9O6S. The summed E-state index contributed by atoms with van der Waals surface area (Å²) in [6.07, 6.45) is 12.0. The Labute approximate surface area is 372 Å². The molecule has 0 bridgehead atoms. The quantitative estimate of drug-likeness (QED) is 0.0518. The van der Waals surface area contributed by atoms with Gasteiger partial charge in [0.1, 0.15) is 22.8 Å². The molecule has 17 heteroatoms. The number of piperidine rings is 1. The number of fused-ring (bicyclic) bond motifs is 2. The summed E-state index contributed by atoms with van der Waals surface area (Å²) in [5.41, 5.74) is 9.93. The van der Waals surface area contributed by atoms with Gasteiger partial charge in [-0.3, -0.25) is 19.8 Å². The Kier molecular flexibility index (Phi) is 12.3. The third-order valence-electron chi connectivity index (χ3n) is 13.7. The molecule has 0 radical (unpaired) electrons. The van der Waals surface area contributed by atoms with Crippen LogP contribution in [0.25, 0.3) is 11.0 Å². The highest BCUT2D eigenvalue weighted by atomic mass is 35.5. The van der Waals surface area contributed by atoms with E-state index in [1.807, 2.05) is 18.2 Å². The number of hydrogen-bond donors (Lipinski definition) is 4. The van der Waals surface area contributed by atoms with E-state index in [4.69, 9.17) is 22.1 Å². The molecule has 5 N–H and O–H groups in total. The van der Waals surface area contributed by atoms with Crippen LogP contribution in [0.3, 0.4) is 0 Å². The van der Waals surface area contributed by atoms with Gasteiger partial charge in [-0.25, -0.2) is 18.1 Å². The van der Waals surface area contributed by atoms with E-state index < -0.39 is 25.7 Å². The zero-order chi connectivity index (χ0) is 43.7. The average Bonchev–Trinajstić information content (AvgIpc) is 3.63. The third kappa shape index (κ3) is 9.23. The summed E-state index contributed by atoms with van der Waals surface area (Å²) in [6.45, 7) is 7.29. The average molecular weight is 897 g/mol. The summed E-state index contributed by atoms with van der Waals surface area (Å²) >= 11 is 6.66. The Morgan fingerprint density at radius 3 is 2.60 bits per heavy atom. The number of nitro groups is 1. The van der Waals surface area contributed by atoms with Gasteiger partial charge in [0.15, 0.2) is 0 Å². The predicted octanol–water partition coefficient (Wildman–Crippen LogP) is 7.49. The second-order valence-electron chi connectivity index (χ2n) is 17.6. The minimum absolute atomic E-state index is 0.0295. The Morgan fingerprint density at radius 2 is 1.83 bits per heavy atom. The minimum atomic E-state index is -4.56. The van der Waals surface area contributed by atoms with Gasteiger partial charge < -0.3 is 30.6 Å². The monoisotopic (exact) mass is 895 g/mol. The maximum absolute atomic E-state index is 14.0. The number of likely N-dealkylation sites (tertiary alicyclic amines) is 1. The summed E-state index contributed by atoms with van der Waals surface area (Å²) in [6, 6.07) is 18.9. The number of rotatable bonds is 13. The number of nitrogens with two attached hydrogens (primary N) is 1. The number of aromatic amines is 1. The number of nitrogens with one attached hydrogen (secondary N) is 3. The number of sulfonamides is 1. The van der Waals surface area contributed by atoms with Crippen molar-refractivity contribution in [1.82, 2.24) is 24.5 Å². The van der Waals surface area contributed by atoms with Crippen LogP contribution in [0, 0.1) is 21.4 Å². The van der Waals surface area contributed by atoms with Crippen molar-refractivity contribution in [2.75, 3.05) is 69.1 Å². The van der Waals surface area contributed by atoms with Gasteiger partial charge in [-0.2, -0.15) is 0 Å². The molecule has 9 rings (SSSR count). The first-order valence-corrected chi connectivity index (χ1v) is 23.9. The van der Waals surface area contributed by atoms with Crippen molar-refractivity contribution < 1.29 is 22.9 Å². The van der Waals surface area contributed by atoms with Gasteiger partial charge >= 0.3 is 0 Å². The number of aromatic nitrogens is 2.